The molecule has 0 bridgehead atoms. The minimum atomic E-state index is -0.251. The van der Waals surface area contributed by atoms with Crippen LogP contribution in [0.2, 0.25) is 0 Å². The van der Waals surface area contributed by atoms with Crippen LogP contribution >= 0.6 is 11.3 Å². The van der Waals surface area contributed by atoms with Gasteiger partial charge in [-0.05, 0) is 12.5 Å². The van der Waals surface area contributed by atoms with E-state index in [9.17, 15) is 9.90 Å². The fraction of sp³-hybridized carbons (Fsp3) is 0.412. The van der Waals surface area contributed by atoms with Crippen LogP contribution in [0, 0.1) is 0 Å². The Morgan fingerprint density at radius 3 is 3.04 bits per heavy atom. The maximum atomic E-state index is 12.7. The van der Waals surface area contributed by atoms with Crippen molar-refractivity contribution in [3.8, 4) is 16.2 Å². The first kappa shape index (κ1) is 15.1. The number of aliphatic hydroxyl groups is 1. The third-order valence-electron chi connectivity index (χ3n) is 4.89. The number of rotatable bonds is 3. The van der Waals surface area contributed by atoms with Gasteiger partial charge in [-0.1, -0.05) is 0 Å². The topological polar surface area (TPSA) is 94.2 Å². The number of ether oxygens (including phenoxy) is 1. The highest BCUT2D eigenvalue weighted by atomic mass is 32.1. The van der Waals surface area contributed by atoms with Gasteiger partial charge in [0.2, 0.25) is 0 Å². The Balaban J connectivity index is 1.70. The van der Waals surface area contributed by atoms with Crippen LogP contribution < -0.4 is 10.3 Å². The Bertz CT molecular complexity index is 1000. The molecule has 5 rings (SSSR count). The van der Waals surface area contributed by atoms with E-state index < -0.39 is 0 Å². The summed E-state index contributed by atoms with van der Waals surface area (Å²) in [5, 5.41) is 17.3. The molecule has 3 aromatic heterocycles. The lowest BCUT2D eigenvalue weighted by molar-refractivity contribution is -0.00378. The second kappa shape index (κ2) is 5.42. The van der Waals surface area contributed by atoms with Crippen molar-refractivity contribution in [1.82, 2.24) is 20.1 Å². The van der Waals surface area contributed by atoms with Gasteiger partial charge in [0.05, 0.1) is 17.2 Å². The maximum Gasteiger partial charge on any atom is 0.266 e. The molecular formula is C17H18N4O3S. The van der Waals surface area contributed by atoms with Crippen molar-refractivity contribution in [1.29, 1.82) is 0 Å². The Morgan fingerprint density at radius 1 is 1.48 bits per heavy atom. The first-order chi connectivity index (χ1) is 12.1. The number of hydrogen-bond acceptors (Lipinski definition) is 6. The molecule has 25 heavy (non-hydrogen) atoms. The first-order valence-corrected chi connectivity index (χ1v) is 9.18. The normalized spacial score (nSPS) is 20.6. The van der Waals surface area contributed by atoms with E-state index in [0.717, 1.165) is 39.3 Å². The van der Waals surface area contributed by atoms with Crippen LogP contribution in [0.1, 0.15) is 18.2 Å². The van der Waals surface area contributed by atoms with Gasteiger partial charge in [-0.25, -0.2) is 0 Å². The number of likely N-dealkylation sites (tertiary alicyclic amines) is 1. The standard InChI is InChI=1S/C17H18N4O3S/c1-8-2-11-12(7-21-5-10(22)6-21)20-17(23)16-13(11)14(24-8)15(25-16)9-3-18-19-4-9/h3-4,8,10,22H,2,5-7H2,1H3,(H,18,19)(H,20,23)/t8-/m0/s1. The molecule has 1 fully saturated rings. The van der Waals surface area contributed by atoms with Gasteiger partial charge in [0, 0.05) is 48.9 Å². The van der Waals surface area contributed by atoms with Crippen molar-refractivity contribution in [2.45, 2.75) is 32.1 Å². The summed E-state index contributed by atoms with van der Waals surface area (Å²) < 4.78 is 6.84. The van der Waals surface area contributed by atoms with Gasteiger partial charge < -0.3 is 14.8 Å². The van der Waals surface area contributed by atoms with Crippen molar-refractivity contribution < 1.29 is 9.84 Å². The quantitative estimate of drug-likeness (QED) is 0.659. The lowest BCUT2D eigenvalue weighted by Crippen LogP contribution is -2.50. The molecule has 0 unspecified atom stereocenters. The highest BCUT2D eigenvalue weighted by Gasteiger charge is 2.31. The monoisotopic (exact) mass is 358 g/mol. The number of nitrogens with one attached hydrogen (secondary N) is 2. The number of aromatic nitrogens is 3. The molecule has 0 aromatic carbocycles. The molecule has 0 radical (unpaired) electrons. The van der Waals surface area contributed by atoms with Gasteiger partial charge in [-0.15, -0.1) is 11.3 Å². The molecule has 3 N–H and O–H groups in total. The van der Waals surface area contributed by atoms with E-state index in [-0.39, 0.29) is 17.8 Å². The van der Waals surface area contributed by atoms with Gasteiger partial charge in [0.15, 0.2) is 0 Å². The number of H-pyrrole nitrogens is 2. The number of hydrogen-bond donors (Lipinski definition) is 3. The maximum absolute atomic E-state index is 12.7. The van der Waals surface area contributed by atoms with E-state index in [4.69, 9.17) is 4.74 Å². The van der Waals surface area contributed by atoms with Crippen molar-refractivity contribution in [2.75, 3.05) is 13.1 Å². The van der Waals surface area contributed by atoms with Crippen molar-refractivity contribution in [3.63, 3.8) is 0 Å². The van der Waals surface area contributed by atoms with E-state index in [1.165, 1.54) is 11.3 Å². The molecule has 3 aromatic rings. The summed E-state index contributed by atoms with van der Waals surface area (Å²) in [6.07, 6.45) is 4.13. The molecule has 8 heteroatoms. The summed E-state index contributed by atoms with van der Waals surface area (Å²) in [5.74, 6) is 0.797. The third kappa shape index (κ3) is 2.32. The fourth-order valence-corrected chi connectivity index (χ4v) is 4.87. The summed E-state index contributed by atoms with van der Waals surface area (Å²) in [4.78, 5) is 18.8. The third-order valence-corrected chi connectivity index (χ3v) is 6.11. The molecule has 130 valence electrons. The molecule has 5 heterocycles. The van der Waals surface area contributed by atoms with Crippen LogP contribution in [0.5, 0.6) is 5.75 Å². The smallest absolute Gasteiger partial charge is 0.266 e. The summed E-state index contributed by atoms with van der Waals surface area (Å²) in [5.41, 5.74) is 2.96. The highest BCUT2D eigenvalue weighted by Crippen LogP contribution is 2.47. The number of nitrogens with zero attached hydrogens (tertiary/aromatic N) is 2. The van der Waals surface area contributed by atoms with Gasteiger partial charge in [-0.2, -0.15) is 5.10 Å². The molecular weight excluding hydrogens is 340 g/mol. The van der Waals surface area contributed by atoms with Crippen molar-refractivity contribution in [2.24, 2.45) is 0 Å². The van der Waals surface area contributed by atoms with E-state index in [2.05, 4.69) is 20.1 Å². The lowest BCUT2D eigenvalue weighted by atomic mass is 9.98. The second-order valence-corrected chi connectivity index (χ2v) is 7.86. The molecule has 2 aliphatic rings. The largest absolute Gasteiger partial charge is 0.488 e. The fourth-order valence-electron chi connectivity index (χ4n) is 3.73. The zero-order valence-electron chi connectivity index (χ0n) is 13.7. The zero-order valence-corrected chi connectivity index (χ0v) is 14.5. The summed E-state index contributed by atoms with van der Waals surface area (Å²) >= 11 is 1.45. The van der Waals surface area contributed by atoms with Gasteiger partial charge in [0.25, 0.3) is 5.56 Å². The van der Waals surface area contributed by atoms with Crippen LogP contribution in [0.3, 0.4) is 0 Å². The van der Waals surface area contributed by atoms with Crippen LogP contribution in [0.4, 0.5) is 0 Å². The Kier molecular flexibility index (Phi) is 3.28. The minimum absolute atomic E-state index is 0.0441. The predicted molar refractivity (Wildman–Crippen MR) is 95.1 cm³/mol. The van der Waals surface area contributed by atoms with Crippen molar-refractivity contribution in [3.05, 3.63) is 34.0 Å². The molecule has 0 saturated carbocycles. The molecule has 1 atom stereocenters. The van der Waals surface area contributed by atoms with Crippen LogP contribution in [0.25, 0.3) is 20.5 Å². The number of pyridine rings is 1. The summed E-state index contributed by atoms with van der Waals surface area (Å²) in [6, 6.07) is 0. The molecule has 2 aliphatic heterocycles. The Hall–Kier alpha value is -2.16. The van der Waals surface area contributed by atoms with Crippen LogP contribution in [-0.2, 0) is 13.0 Å². The summed E-state index contributed by atoms with van der Waals surface area (Å²) in [6.45, 7) is 4.01. The minimum Gasteiger partial charge on any atom is -0.488 e. The van der Waals surface area contributed by atoms with E-state index in [0.29, 0.717) is 24.3 Å². The molecule has 0 amide bonds. The van der Waals surface area contributed by atoms with Gasteiger partial charge in [0.1, 0.15) is 16.6 Å². The van der Waals surface area contributed by atoms with Gasteiger partial charge >= 0.3 is 0 Å². The average molecular weight is 358 g/mol. The van der Waals surface area contributed by atoms with Crippen LogP contribution in [-0.4, -0.2) is 50.5 Å². The zero-order chi connectivity index (χ0) is 17.1. The lowest BCUT2D eigenvalue weighted by Gasteiger charge is -2.36. The summed E-state index contributed by atoms with van der Waals surface area (Å²) in [7, 11) is 0. The molecule has 1 saturated heterocycles. The second-order valence-electron chi connectivity index (χ2n) is 6.84. The van der Waals surface area contributed by atoms with E-state index in [1.54, 1.807) is 6.20 Å². The highest BCUT2D eigenvalue weighted by molar-refractivity contribution is 7.22. The average Bonchev–Trinajstić information content (AvgIpc) is 3.18. The first-order valence-electron chi connectivity index (χ1n) is 8.37. The van der Waals surface area contributed by atoms with E-state index >= 15 is 0 Å². The predicted octanol–water partition coefficient (Wildman–Crippen LogP) is 1.48. The van der Waals surface area contributed by atoms with Crippen molar-refractivity contribution >= 4 is 21.4 Å². The Labute approximate surface area is 147 Å². The van der Waals surface area contributed by atoms with Crippen LogP contribution in [0.15, 0.2) is 17.2 Å². The number of aliphatic hydroxyl groups excluding tert-OH is 1. The SMILES string of the molecule is C[C@H]1Cc2c(CN3CC(O)C3)[nH]c(=O)c3sc(-c4cn[nH]c4)c(c23)O1. The molecule has 0 spiro atoms. The molecule has 7 nitrogen and oxygen atoms in total. The number of aromatic amines is 2. The Morgan fingerprint density at radius 2 is 2.32 bits per heavy atom. The molecule has 0 aliphatic carbocycles. The number of thiophene rings is 1. The number of β-amino-alcohol motifs (C(OH)–C–C–N with tert-alkyl or cyclic N) is 1. The van der Waals surface area contributed by atoms with E-state index in [1.807, 2.05) is 13.1 Å². The van der Waals surface area contributed by atoms with Gasteiger partial charge in [-0.3, -0.25) is 14.8 Å².